The van der Waals surface area contributed by atoms with Gasteiger partial charge in [-0.3, -0.25) is 10.1 Å². The number of thiazole rings is 1. The average Bonchev–Trinajstić information content (AvgIpc) is 3.01. The maximum absolute atomic E-state index is 11.9. The number of carbonyl (C=O) groups excluding carboxylic acids is 2. The molecule has 8 heteroatoms. The number of carbonyl (C=O) groups is 2. The summed E-state index contributed by atoms with van der Waals surface area (Å²) in [5.41, 5.74) is 2.57. The molecule has 2 aromatic heterocycles. The Kier molecular flexibility index (Phi) is 5.83. The van der Waals surface area contributed by atoms with E-state index in [0.717, 1.165) is 16.9 Å². The van der Waals surface area contributed by atoms with Crippen LogP contribution in [0.1, 0.15) is 34.6 Å². The molecule has 0 aliphatic rings. The van der Waals surface area contributed by atoms with Crippen molar-refractivity contribution < 1.29 is 14.3 Å². The lowest BCUT2D eigenvalue weighted by Crippen LogP contribution is -2.27. The lowest BCUT2D eigenvalue weighted by molar-refractivity contribution is -0.118. The highest BCUT2D eigenvalue weighted by molar-refractivity contribution is 7.21. The van der Waals surface area contributed by atoms with Crippen molar-refractivity contribution in [1.29, 1.82) is 0 Å². The minimum atomic E-state index is -0.576. The second-order valence-electron chi connectivity index (χ2n) is 7.89. The predicted molar refractivity (Wildman–Crippen MR) is 116 cm³/mol. The molecule has 29 heavy (non-hydrogen) atoms. The van der Waals surface area contributed by atoms with Gasteiger partial charge in [0.25, 0.3) is 0 Å². The fourth-order valence-electron chi connectivity index (χ4n) is 2.43. The summed E-state index contributed by atoms with van der Waals surface area (Å²) < 4.78 is 5.25. The number of benzene rings is 1. The van der Waals surface area contributed by atoms with E-state index in [0.29, 0.717) is 15.5 Å². The molecule has 3 aromatic rings. The van der Waals surface area contributed by atoms with Crippen LogP contribution in [0.5, 0.6) is 0 Å². The minimum Gasteiger partial charge on any atom is -0.444 e. The van der Waals surface area contributed by atoms with Crippen molar-refractivity contribution >= 4 is 44.5 Å². The average molecular weight is 413 g/mol. The number of fused-ring (bicyclic) bond motifs is 1. The summed E-state index contributed by atoms with van der Waals surface area (Å²) in [5, 5.41) is 5.95. The Balaban J connectivity index is 1.76. The SMILES string of the molecule is CC(C)C(=O)Nc1ccc(-c2ccc3nc(NC(=O)OC(C)(C)C)sc3n2)cc1. The molecule has 7 nitrogen and oxygen atoms in total. The fraction of sp³-hybridized carbons (Fsp3) is 0.333. The summed E-state index contributed by atoms with van der Waals surface area (Å²) in [6.45, 7) is 9.11. The van der Waals surface area contributed by atoms with E-state index in [-0.39, 0.29) is 11.8 Å². The smallest absolute Gasteiger partial charge is 0.413 e. The number of pyridine rings is 1. The Morgan fingerprint density at radius 1 is 1.00 bits per heavy atom. The maximum atomic E-state index is 11.9. The van der Waals surface area contributed by atoms with E-state index in [4.69, 9.17) is 4.74 Å². The molecule has 2 amide bonds. The molecule has 152 valence electrons. The van der Waals surface area contributed by atoms with E-state index in [1.54, 1.807) is 20.8 Å². The summed E-state index contributed by atoms with van der Waals surface area (Å²) in [4.78, 5) is 33.5. The number of hydrogen-bond donors (Lipinski definition) is 2. The Hall–Kier alpha value is -3.00. The van der Waals surface area contributed by atoms with Crippen molar-refractivity contribution in [2.24, 2.45) is 5.92 Å². The zero-order chi connectivity index (χ0) is 21.2. The number of aromatic nitrogens is 2. The van der Waals surface area contributed by atoms with Crippen molar-refractivity contribution in [3.8, 4) is 11.3 Å². The molecule has 0 saturated heterocycles. The summed E-state index contributed by atoms with van der Waals surface area (Å²) in [6.07, 6.45) is -0.546. The van der Waals surface area contributed by atoms with E-state index in [1.807, 2.05) is 50.2 Å². The highest BCUT2D eigenvalue weighted by atomic mass is 32.1. The van der Waals surface area contributed by atoms with Crippen LogP contribution in [0.15, 0.2) is 36.4 Å². The Morgan fingerprint density at radius 3 is 2.31 bits per heavy atom. The molecule has 0 spiro atoms. The molecule has 3 rings (SSSR count). The molecule has 0 bridgehead atoms. The maximum Gasteiger partial charge on any atom is 0.413 e. The van der Waals surface area contributed by atoms with Crippen LogP contribution in [0.3, 0.4) is 0 Å². The quantitative estimate of drug-likeness (QED) is 0.606. The van der Waals surface area contributed by atoms with Gasteiger partial charge in [0.15, 0.2) is 5.13 Å². The molecule has 0 saturated carbocycles. The van der Waals surface area contributed by atoms with Gasteiger partial charge in [0.05, 0.1) is 5.69 Å². The van der Waals surface area contributed by atoms with Gasteiger partial charge in [0.2, 0.25) is 5.91 Å². The summed E-state index contributed by atoms with van der Waals surface area (Å²) in [7, 11) is 0. The van der Waals surface area contributed by atoms with Crippen LogP contribution in [-0.2, 0) is 9.53 Å². The Morgan fingerprint density at radius 2 is 1.69 bits per heavy atom. The van der Waals surface area contributed by atoms with Crippen LogP contribution in [-0.4, -0.2) is 27.6 Å². The van der Waals surface area contributed by atoms with Gasteiger partial charge >= 0.3 is 6.09 Å². The highest BCUT2D eigenvalue weighted by Crippen LogP contribution is 2.28. The fourth-order valence-corrected chi connectivity index (χ4v) is 3.26. The number of amides is 2. The van der Waals surface area contributed by atoms with Crippen molar-refractivity contribution in [2.75, 3.05) is 10.6 Å². The van der Waals surface area contributed by atoms with Gasteiger partial charge in [-0.05, 0) is 45.0 Å². The molecule has 0 fully saturated rings. The predicted octanol–water partition coefficient (Wildman–Crippen LogP) is 5.30. The number of nitrogens with zero attached hydrogens (tertiary/aromatic N) is 2. The minimum absolute atomic E-state index is 0.0213. The topological polar surface area (TPSA) is 93.2 Å². The van der Waals surface area contributed by atoms with Crippen molar-refractivity contribution in [3.05, 3.63) is 36.4 Å². The molecule has 2 N–H and O–H groups in total. The summed E-state index contributed by atoms with van der Waals surface area (Å²) in [5.74, 6) is -0.0967. The van der Waals surface area contributed by atoms with Crippen LogP contribution in [0.4, 0.5) is 15.6 Å². The van der Waals surface area contributed by atoms with Crippen LogP contribution >= 0.6 is 11.3 Å². The zero-order valence-corrected chi connectivity index (χ0v) is 17.9. The largest absolute Gasteiger partial charge is 0.444 e. The van der Waals surface area contributed by atoms with E-state index >= 15 is 0 Å². The Labute approximate surface area is 173 Å². The lowest BCUT2D eigenvalue weighted by atomic mass is 10.1. The number of rotatable bonds is 4. The van der Waals surface area contributed by atoms with Gasteiger partial charge in [-0.25, -0.2) is 14.8 Å². The van der Waals surface area contributed by atoms with Gasteiger partial charge in [-0.1, -0.05) is 37.3 Å². The summed E-state index contributed by atoms with van der Waals surface area (Å²) >= 11 is 1.28. The van der Waals surface area contributed by atoms with Crippen LogP contribution in [0.2, 0.25) is 0 Å². The molecule has 1 aromatic carbocycles. The highest BCUT2D eigenvalue weighted by Gasteiger charge is 2.18. The second kappa shape index (κ2) is 8.16. The normalized spacial score (nSPS) is 11.5. The van der Waals surface area contributed by atoms with Gasteiger partial charge in [0.1, 0.15) is 15.9 Å². The molecular formula is C21H24N4O3S. The van der Waals surface area contributed by atoms with E-state index in [9.17, 15) is 9.59 Å². The first-order chi connectivity index (χ1) is 13.6. The number of nitrogens with one attached hydrogen (secondary N) is 2. The van der Waals surface area contributed by atoms with Gasteiger partial charge < -0.3 is 10.1 Å². The molecule has 0 radical (unpaired) electrons. The van der Waals surface area contributed by atoms with Crippen molar-refractivity contribution in [3.63, 3.8) is 0 Å². The van der Waals surface area contributed by atoms with Crippen LogP contribution < -0.4 is 10.6 Å². The van der Waals surface area contributed by atoms with E-state index in [2.05, 4.69) is 20.6 Å². The number of anilines is 2. The molecule has 2 heterocycles. The monoisotopic (exact) mass is 412 g/mol. The first-order valence-corrected chi connectivity index (χ1v) is 10.1. The third kappa shape index (κ3) is 5.51. The number of ether oxygens (including phenoxy) is 1. The molecule has 0 atom stereocenters. The zero-order valence-electron chi connectivity index (χ0n) is 17.1. The molecule has 0 aliphatic carbocycles. The molecule has 0 aliphatic heterocycles. The van der Waals surface area contributed by atoms with E-state index in [1.165, 1.54) is 11.3 Å². The second-order valence-corrected chi connectivity index (χ2v) is 8.87. The first kappa shape index (κ1) is 20.7. The third-order valence-corrected chi connectivity index (χ3v) is 4.72. The van der Waals surface area contributed by atoms with Crippen molar-refractivity contribution in [1.82, 2.24) is 9.97 Å². The van der Waals surface area contributed by atoms with Gasteiger partial charge in [-0.15, -0.1) is 0 Å². The lowest BCUT2D eigenvalue weighted by Gasteiger charge is -2.18. The standard InChI is InChI=1S/C21H24N4O3S/c1-12(2)17(26)22-14-8-6-13(7-9-14)15-10-11-16-18(23-15)29-19(24-16)25-20(27)28-21(3,4)5/h6-12H,1-5H3,(H,22,26)(H,24,25,27). The third-order valence-electron chi connectivity index (χ3n) is 3.84. The summed E-state index contributed by atoms with van der Waals surface area (Å²) in [6, 6.07) is 11.3. The van der Waals surface area contributed by atoms with Gasteiger partial charge in [-0.2, -0.15) is 0 Å². The van der Waals surface area contributed by atoms with Crippen LogP contribution in [0.25, 0.3) is 21.6 Å². The van der Waals surface area contributed by atoms with Crippen molar-refractivity contribution in [2.45, 2.75) is 40.2 Å². The number of hydrogen-bond acceptors (Lipinski definition) is 6. The first-order valence-electron chi connectivity index (χ1n) is 9.29. The van der Waals surface area contributed by atoms with E-state index < -0.39 is 11.7 Å². The Bertz CT molecular complexity index is 1040. The molecular weight excluding hydrogens is 388 g/mol. The van der Waals surface area contributed by atoms with Crippen LogP contribution in [0, 0.1) is 5.92 Å². The molecule has 0 unspecified atom stereocenters. The van der Waals surface area contributed by atoms with Gasteiger partial charge in [0, 0.05) is 17.2 Å².